The maximum Gasteiger partial charge on any atom is 0.284 e. The molecule has 36 heavy (non-hydrogen) atoms. The van der Waals surface area contributed by atoms with E-state index in [1.807, 2.05) is 12.1 Å². The van der Waals surface area contributed by atoms with Gasteiger partial charge >= 0.3 is 0 Å². The van der Waals surface area contributed by atoms with Crippen molar-refractivity contribution in [3.8, 4) is 11.5 Å². The number of benzene rings is 2. The molecule has 0 aliphatic carbocycles. The zero-order valence-electron chi connectivity index (χ0n) is 20.7. The van der Waals surface area contributed by atoms with Gasteiger partial charge in [-0.25, -0.2) is 0 Å². The first-order valence-electron chi connectivity index (χ1n) is 11.9. The zero-order chi connectivity index (χ0) is 26.1. The van der Waals surface area contributed by atoms with Gasteiger partial charge in [-0.3, -0.25) is 9.69 Å². The molecule has 3 rings (SSSR count). The number of sulfonamides is 1. The van der Waals surface area contributed by atoms with Crippen molar-refractivity contribution in [3.05, 3.63) is 57.4 Å². The first kappa shape index (κ1) is 28.3. The highest BCUT2D eigenvalue weighted by Crippen LogP contribution is 2.35. The van der Waals surface area contributed by atoms with Crippen molar-refractivity contribution in [2.24, 2.45) is 4.40 Å². The number of halogens is 1. The third kappa shape index (κ3) is 7.36. The lowest BCUT2D eigenvalue weighted by atomic mass is 10.1. The summed E-state index contributed by atoms with van der Waals surface area (Å²) in [5.41, 5.74) is 0.742. The molecule has 1 fully saturated rings. The minimum absolute atomic E-state index is 0.0606. The molecular weight excluding hydrogens is 564 g/mol. The van der Waals surface area contributed by atoms with Gasteiger partial charge in [-0.1, -0.05) is 54.6 Å². The number of methoxy groups -OCH3 is 1. The minimum Gasteiger partial charge on any atom is -0.493 e. The van der Waals surface area contributed by atoms with Gasteiger partial charge in [0.1, 0.15) is 0 Å². The Labute approximate surface area is 226 Å². The molecule has 10 heteroatoms. The number of carbonyl (C=O) groups excluding carboxylic acids is 1. The van der Waals surface area contributed by atoms with E-state index < -0.39 is 10.0 Å². The Kier molecular flexibility index (Phi) is 10.4. The molecule has 0 spiro atoms. The molecule has 1 aliphatic heterocycles. The Balaban J connectivity index is 1.77. The third-order valence-electron chi connectivity index (χ3n) is 5.50. The second-order valence-electron chi connectivity index (χ2n) is 8.14. The van der Waals surface area contributed by atoms with E-state index >= 15 is 0 Å². The molecule has 0 N–H and O–H groups in total. The number of unbranched alkanes of at least 4 members (excludes halogenated alkanes) is 4. The van der Waals surface area contributed by atoms with Gasteiger partial charge in [0, 0.05) is 11.0 Å². The molecule has 194 valence electrons. The number of likely N-dealkylation sites (N-methyl/N-ethyl adjacent to an activating group) is 1. The van der Waals surface area contributed by atoms with Crippen LogP contribution >= 0.6 is 27.7 Å². The van der Waals surface area contributed by atoms with Crippen molar-refractivity contribution < 1.29 is 22.7 Å². The zero-order valence-corrected chi connectivity index (χ0v) is 23.9. The monoisotopic (exact) mass is 594 g/mol. The lowest BCUT2D eigenvalue weighted by Gasteiger charge is -2.12. The summed E-state index contributed by atoms with van der Waals surface area (Å²) in [7, 11) is -2.39. The van der Waals surface area contributed by atoms with E-state index in [9.17, 15) is 13.2 Å². The summed E-state index contributed by atoms with van der Waals surface area (Å²) in [6, 6.07) is 11.7. The van der Waals surface area contributed by atoms with Crippen molar-refractivity contribution in [3.63, 3.8) is 0 Å². The van der Waals surface area contributed by atoms with Crippen molar-refractivity contribution in [2.75, 3.05) is 20.3 Å². The summed E-state index contributed by atoms with van der Waals surface area (Å²) >= 11 is 4.33. The van der Waals surface area contributed by atoms with E-state index in [1.54, 1.807) is 38.3 Å². The number of hydrogen-bond donors (Lipinski definition) is 0. The summed E-state index contributed by atoms with van der Waals surface area (Å²) in [4.78, 5) is 14.8. The van der Waals surface area contributed by atoms with Crippen molar-refractivity contribution in [1.82, 2.24) is 4.90 Å². The largest absolute Gasteiger partial charge is 0.493 e. The van der Waals surface area contributed by atoms with Crippen LogP contribution in [-0.2, 0) is 14.8 Å². The molecule has 1 heterocycles. The minimum atomic E-state index is -3.97. The normalized spacial score (nSPS) is 16.2. The van der Waals surface area contributed by atoms with Crippen LogP contribution in [0.3, 0.4) is 0 Å². The highest BCUT2D eigenvalue weighted by atomic mass is 79.9. The van der Waals surface area contributed by atoms with Gasteiger partial charge in [-0.15, -0.1) is 4.40 Å². The number of nitrogens with zero attached hydrogens (tertiary/aromatic N) is 2. The maximum atomic E-state index is 13.0. The number of rotatable bonds is 12. The number of thioether (sulfide) groups is 1. The Hall–Kier alpha value is -2.30. The Bertz CT molecular complexity index is 1230. The molecule has 0 radical (unpaired) electrons. The highest BCUT2D eigenvalue weighted by molar-refractivity contribution is 9.10. The third-order valence-corrected chi connectivity index (χ3v) is 8.44. The molecule has 0 aromatic heterocycles. The Morgan fingerprint density at radius 2 is 1.75 bits per heavy atom. The van der Waals surface area contributed by atoms with Crippen molar-refractivity contribution >= 4 is 54.9 Å². The molecule has 2 aromatic rings. The van der Waals surface area contributed by atoms with Gasteiger partial charge in [0.2, 0.25) is 0 Å². The lowest BCUT2D eigenvalue weighted by molar-refractivity contribution is -0.122. The summed E-state index contributed by atoms with van der Waals surface area (Å²) < 4.78 is 41.7. The van der Waals surface area contributed by atoms with Gasteiger partial charge in [-0.05, 0) is 73.1 Å². The predicted molar refractivity (Wildman–Crippen MR) is 149 cm³/mol. The lowest BCUT2D eigenvalue weighted by Crippen LogP contribution is -2.29. The smallest absolute Gasteiger partial charge is 0.284 e. The summed E-state index contributed by atoms with van der Waals surface area (Å²) in [6.07, 6.45) is 7.48. The van der Waals surface area contributed by atoms with E-state index in [4.69, 9.17) is 9.47 Å². The SMILES string of the molecule is CCCCCCCOc1ccc(C=C2SC(=NS(=O)(=O)c3ccc(Br)cc3)N(CC)C2=O)cc1OC. The number of amides is 1. The fraction of sp³-hybridized carbons (Fsp3) is 0.385. The van der Waals surface area contributed by atoms with Gasteiger partial charge in [-0.2, -0.15) is 8.42 Å². The van der Waals surface area contributed by atoms with Gasteiger partial charge in [0.15, 0.2) is 16.7 Å². The summed E-state index contributed by atoms with van der Waals surface area (Å²) in [6.45, 7) is 4.88. The van der Waals surface area contributed by atoms with E-state index in [-0.39, 0.29) is 16.0 Å². The number of hydrogen-bond acceptors (Lipinski definition) is 6. The fourth-order valence-electron chi connectivity index (χ4n) is 3.55. The fourth-order valence-corrected chi connectivity index (χ4v) is 6.06. The van der Waals surface area contributed by atoms with Crippen LogP contribution < -0.4 is 9.47 Å². The average molecular weight is 596 g/mol. The molecule has 1 amide bonds. The van der Waals surface area contributed by atoms with Crippen LogP contribution in [0.25, 0.3) is 6.08 Å². The van der Waals surface area contributed by atoms with Gasteiger partial charge in [0.25, 0.3) is 15.9 Å². The standard InChI is InChI=1S/C26H31BrN2O5S2/c1-4-6-7-8-9-16-34-22-15-10-19(17-23(22)33-3)18-24-25(30)29(5-2)26(35-24)28-36(31,32)21-13-11-20(27)12-14-21/h10-15,17-18H,4-9,16H2,1-3H3. The van der Waals surface area contributed by atoms with E-state index in [2.05, 4.69) is 27.3 Å². The first-order valence-corrected chi connectivity index (χ1v) is 15.0. The van der Waals surface area contributed by atoms with E-state index in [0.29, 0.717) is 29.6 Å². The highest BCUT2D eigenvalue weighted by Gasteiger charge is 2.34. The topological polar surface area (TPSA) is 85.3 Å². The maximum absolute atomic E-state index is 13.0. The molecule has 0 saturated carbocycles. The number of ether oxygens (including phenoxy) is 2. The molecule has 7 nitrogen and oxygen atoms in total. The molecule has 2 aromatic carbocycles. The van der Waals surface area contributed by atoms with Gasteiger partial charge < -0.3 is 9.47 Å². The molecule has 1 aliphatic rings. The van der Waals surface area contributed by atoms with E-state index in [0.717, 1.165) is 34.6 Å². The molecule has 1 saturated heterocycles. The predicted octanol–water partition coefficient (Wildman–Crippen LogP) is 6.49. The second-order valence-corrected chi connectivity index (χ2v) is 11.7. The van der Waals surface area contributed by atoms with Gasteiger partial charge in [0.05, 0.1) is 23.5 Å². The Morgan fingerprint density at radius 3 is 2.42 bits per heavy atom. The van der Waals surface area contributed by atoms with E-state index in [1.165, 1.54) is 36.3 Å². The number of amidine groups is 1. The quantitative estimate of drug-likeness (QED) is 0.206. The average Bonchev–Trinajstić information content (AvgIpc) is 3.14. The molecule has 0 unspecified atom stereocenters. The first-order chi connectivity index (χ1) is 17.3. The van der Waals surface area contributed by atoms with Crippen LogP contribution in [-0.4, -0.2) is 44.7 Å². The second kappa shape index (κ2) is 13.3. The molecular formula is C26H31BrN2O5S2. The van der Waals surface area contributed by atoms with Crippen LogP contribution in [0.2, 0.25) is 0 Å². The molecule has 0 bridgehead atoms. The summed E-state index contributed by atoms with van der Waals surface area (Å²) in [5, 5.41) is 0.131. The van der Waals surface area contributed by atoms with Crippen molar-refractivity contribution in [2.45, 2.75) is 50.8 Å². The van der Waals surface area contributed by atoms with Crippen molar-refractivity contribution in [1.29, 1.82) is 0 Å². The van der Waals surface area contributed by atoms with Crippen LogP contribution in [0.15, 0.2) is 61.1 Å². The Morgan fingerprint density at radius 1 is 1.03 bits per heavy atom. The molecule has 0 atom stereocenters. The van der Waals surface area contributed by atoms with Crippen LogP contribution in [0.5, 0.6) is 11.5 Å². The van der Waals surface area contributed by atoms with Crippen LogP contribution in [0, 0.1) is 0 Å². The van der Waals surface area contributed by atoms with Crippen LogP contribution in [0.1, 0.15) is 51.5 Å². The summed E-state index contributed by atoms with van der Waals surface area (Å²) in [5.74, 6) is 0.935. The van der Waals surface area contributed by atoms with Crippen LogP contribution in [0.4, 0.5) is 0 Å². The number of carbonyl (C=O) groups is 1.